The summed E-state index contributed by atoms with van der Waals surface area (Å²) in [6.45, 7) is 5.46. The quantitative estimate of drug-likeness (QED) is 0.272. The number of rotatable bonds is 8. The van der Waals surface area contributed by atoms with Crippen LogP contribution in [-0.4, -0.2) is 21.7 Å². The molecule has 0 saturated carbocycles. The molecule has 0 aliphatic rings. The first kappa shape index (κ1) is 18.7. The van der Waals surface area contributed by atoms with Gasteiger partial charge >= 0.3 is 14.6 Å². The van der Waals surface area contributed by atoms with E-state index < -0.39 is 14.6 Å². The first-order chi connectivity index (χ1) is 8.62. The van der Waals surface area contributed by atoms with Crippen molar-refractivity contribution < 1.29 is 33.4 Å². The van der Waals surface area contributed by atoms with Gasteiger partial charge in [-0.3, -0.25) is 4.52 Å². The van der Waals surface area contributed by atoms with E-state index >= 15 is 0 Å². The molecule has 19 heavy (non-hydrogen) atoms. The minimum atomic E-state index is -5.16. The van der Waals surface area contributed by atoms with E-state index in [1.165, 1.54) is 11.6 Å². The Bertz CT molecular complexity index is 431. The van der Waals surface area contributed by atoms with Gasteiger partial charge in [0.15, 0.2) is 0 Å². The topological polar surface area (TPSA) is 113 Å². The van der Waals surface area contributed by atoms with E-state index in [4.69, 9.17) is 15.0 Å². The van der Waals surface area contributed by atoms with Gasteiger partial charge in [0.25, 0.3) is 0 Å². The highest BCUT2D eigenvalue weighted by Crippen LogP contribution is 2.77. The predicted octanol–water partition coefficient (Wildman–Crippen LogP) is 3.47. The van der Waals surface area contributed by atoms with Gasteiger partial charge in [0.2, 0.25) is 0 Å². The van der Waals surface area contributed by atoms with Gasteiger partial charge in [0.1, 0.15) is 0 Å². The van der Waals surface area contributed by atoms with Gasteiger partial charge in [-0.2, -0.15) is 0 Å². The number of hydrogen-bond donors (Lipinski definition) is 3. The molecule has 0 aromatic carbocycles. The fourth-order valence-electron chi connectivity index (χ4n) is 1.11. The Balaban J connectivity index is 4.38. The van der Waals surface area contributed by atoms with E-state index in [-0.39, 0.29) is 6.61 Å². The number of hydrogen-bond acceptors (Lipinski definition) is 5. The minimum absolute atomic E-state index is 0.316. The third-order valence-corrected chi connectivity index (χ3v) is 5.98. The Hall–Kier alpha value is -0.260. The molecule has 9 heteroatoms. The van der Waals surface area contributed by atoms with Crippen molar-refractivity contribution in [1.29, 1.82) is 0 Å². The molecule has 112 valence electrons. The second kappa shape index (κ2) is 8.12. The molecule has 0 aliphatic heterocycles. The first-order valence-corrected chi connectivity index (χ1v) is 9.41. The molecule has 0 heterocycles. The summed E-state index contributed by atoms with van der Waals surface area (Å²) in [5.74, 6) is 0. The fourth-order valence-corrected chi connectivity index (χ4v) is 2.60. The summed E-state index contributed by atoms with van der Waals surface area (Å²) < 4.78 is 30.0. The van der Waals surface area contributed by atoms with Crippen molar-refractivity contribution in [2.75, 3.05) is 6.61 Å². The van der Waals surface area contributed by atoms with Crippen molar-refractivity contribution in [3.63, 3.8) is 0 Å². The maximum Gasteiger partial charge on any atom is 0.467 e. The summed E-state index contributed by atoms with van der Waals surface area (Å²) in [6.07, 6.45) is 5.15. The van der Waals surface area contributed by atoms with Crippen molar-refractivity contribution in [3.8, 4) is 0 Å². The van der Waals surface area contributed by atoms with E-state index in [0.717, 1.165) is 18.4 Å². The van der Waals surface area contributed by atoms with Crippen molar-refractivity contribution in [3.05, 3.63) is 23.3 Å². The van der Waals surface area contributed by atoms with Gasteiger partial charge in [-0.05, 0) is 33.6 Å². The van der Waals surface area contributed by atoms with Crippen LogP contribution >= 0.6 is 14.6 Å². The van der Waals surface area contributed by atoms with Crippen LogP contribution in [0, 0.1) is 0 Å². The molecule has 7 nitrogen and oxygen atoms in total. The zero-order chi connectivity index (χ0) is 15.1. The lowest BCUT2D eigenvalue weighted by Gasteiger charge is -2.14. The Labute approximate surface area is 112 Å². The van der Waals surface area contributed by atoms with E-state index in [2.05, 4.69) is 15.3 Å². The molecule has 3 N–H and O–H groups in total. The average molecular weight is 314 g/mol. The maximum atomic E-state index is 11.4. The minimum Gasteiger partial charge on any atom is -0.316 e. The van der Waals surface area contributed by atoms with Crippen LogP contribution in [0.2, 0.25) is 0 Å². The van der Waals surface area contributed by atoms with Crippen LogP contribution in [0.3, 0.4) is 0 Å². The van der Waals surface area contributed by atoms with Crippen molar-refractivity contribution >= 4 is 14.6 Å². The van der Waals surface area contributed by atoms with Crippen LogP contribution in [-0.2, 0) is 18.3 Å². The summed E-state index contributed by atoms with van der Waals surface area (Å²) in [6, 6.07) is 0. The molecular weight excluding hydrogens is 294 g/mol. The second-order valence-electron chi connectivity index (χ2n) is 4.23. The highest BCUT2D eigenvalue weighted by atomic mass is 32.1. The molecule has 1 atom stereocenters. The van der Waals surface area contributed by atoms with Gasteiger partial charge in [0, 0.05) is 0 Å². The molecule has 0 aromatic rings. The zero-order valence-electron chi connectivity index (χ0n) is 11.1. The first-order valence-electron chi connectivity index (χ1n) is 5.55. The molecule has 0 radical (unpaired) electrons. The van der Waals surface area contributed by atoms with Crippen LogP contribution in [0.1, 0.15) is 33.6 Å². The zero-order valence-corrected chi connectivity index (χ0v) is 12.9. The largest absolute Gasteiger partial charge is 0.467 e. The van der Waals surface area contributed by atoms with E-state index in [1.54, 1.807) is 0 Å². The lowest BCUT2D eigenvalue weighted by Crippen LogP contribution is -1.95. The summed E-state index contributed by atoms with van der Waals surface area (Å²) in [4.78, 5) is 17.4. The molecule has 0 spiro atoms. The third-order valence-electron chi connectivity index (χ3n) is 2.18. The molecule has 0 saturated heterocycles. The summed E-state index contributed by atoms with van der Waals surface area (Å²) in [5.41, 5.74) is 2.11. The molecule has 0 bridgehead atoms. The van der Waals surface area contributed by atoms with Gasteiger partial charge in [-0.15, -0.1) is 4.67 Å². The smallest absolute Gasteiger partial charge is 0.316 e. The highest BCUT2D eigenvalue weighted by molar-refractivity contribution is 8.26. The summed E-state index contributed by atoms with van der Waals surface area (Å²) in [7, 11) is -9.98. The predicted molar refractivity (Wildman–Crippen MR) is 71.7 cm³/mol. The lowest BCUT2D eigenvalue weighted by atomic mass is 10.1. The lowest BCUT2D eigenvalue weighted by molar-refractivity contribution is -0.145. The van der Waals surface area contributed by atoms with Crippen LogP contribution in [0.5, 0.6) is 0 Å². The SMILES string of the molecule is CC(C)=CCCC(C)=CCOP(=O)(OO)P(=O)(O)O. The Morgan fingerprint density at radius 2 is 1.74 bits per heavy atom. The van der Waals surface area contributed by atoms with Crippen molar-refractivity contribution in [1.82, 2.24) is 0 Å². The Kier molecular flexibility index (Phi) is 8.01. The Morgan fingerprint density at radius 3 is 2.16 bits per heavy atom. The second-order valence-corrected chi connectivity index (χ2v) is 9.65. The van der Waals surface area contributed by atoms with Crippen LogP contribution < -0.4 is 0 Å². The summed E-state index contributed by atoms with van der Waals surface area (Å²) >= 11 is 0. The average Bonchev–Trinajstić information content (AvgIpc) is 2.26. The maximum absolute atomic E-state index is 11.4. The molecule has 0 amide bonds. The van der Waals surface area contributed by atoms with Gasteiger partial charge < -0.3 is 9.79 Å². The molecule has 1 unspecified atom stereocenters. The monoisotopic (exact) mass is 314 g/mol. The Morgan fingerprint density at radius 1 is 1.16 bits per heavy atom. The molecule has 0 fully saturated rings. The van der Waals surface area contributed by atoms with E-state index in [0.29, 0.717) is 0 Å². The van der Waals surface area contributed by atoms with Crippen LogP contribution in [0.15, 0.2) is 23.3 Å². The van der Waals surface area contributed by atoms with Crippen LogP contribution in [0.4, 0.5) is 0 Å². The van der Waals surface area contributed by atoms with Gasteiger partial charge in [-0.1, -0.05) is 23.3 Å². The van der Waals surface area contributed by atoms with Crippen molar-refractivity contribution in [2.24, 2.45) is 0 Å². The van der Waals surface area contributed by atoms with Gasteiger partial charge in [-0.25, -0.2) is 14.4 Å². The molecule has 0 aromatic heterocycles. The van der Waals surface area contributed by atoms with Crippen LogP contribution in [0.25, 0.3) is 0 Å². The van der Waals surface area contributed by atoms with Crippen molar-refractivity contribution in [2.45, 2.75) is 33.6 Å². The molecule has 0 aliphatic carbocycles. The molecular formula is C10H20O7P2. The van der Waals surface area contributed by atoms with E-state index in [1.807, 2.05) is 20.8 Å². The third kappa shape index (κ3) is 7.18. The molecule has 0 rings (SSSR count). The van der Waals surface area contributed by atoms with Gasteiger partial charge in [0.05, 0.1) is 6.61 Å². The fraction of sp³-hybridized carbons (Fsp3) is 0.600. The normalized spacial score (nSPS) is 16.0. The summed E-state index contributed by atoms with van der Waals surface area (Å²) in [5, 5.41) is 8.28. The highest BCUT2D eigenvalue weighted by Gasteiger charge is 2.46. The number of allylic oxidation sites excluding steroid dienone is 3. The van der Waals surface area contributed by atoms with E-state index in [9.17, 15) is 9.13 Å². The standard InChI is InChI=1S/C10H20O7P2/c1-9(2)5-4-6-10(3)7-8-16-19(15,17-11)18(12,13)14/h5,7,11H,4,6,8H2,1-3H3,(H2,12,13,14).